The van der Waals surface area contributed by atoms with Crippen LogP contribution < -0.4 is 10.1 Å². The predicted molar refractivity (Wildman–Crippen MR) is 84.2 cm³/mol. The molecule has 0 heterocycles. The Bertz CT molecular complexity index is 366. The van der Waals surface area contributed by atoms with Crippen LogP contribution in [0.5, 0.6) is 5.75 Å². The highest BCUT2D eigenvalue weighted by Gasteiger charge is 2.07. The summed E-state index contributed by atoms with van der Waals surface area (Å²) in [5.74, 6) is 1.50. The van der Waals surface area contributed by atoms with Crippen LogP contribution in [0.15, 0.2) is 24.3 Å². The summed E-state index contributed by atoms with van der Waals surface area (Å²) in [5, 5.41) is 3.40. The monoisotopic (exact) mass is 279 g/mol. The summed E-state index contributed by atoms with van der Waals surface area (Å²) in [6.07, 6.45) is 1.42. The van der Waals surface area contributed by atoms with Crippen LogP contribution in [-0.2, 0) is 11.3 Å². The van der Waals surface area contributed by atoms with Gasteiger partial charge in [0, 0.05) is 12.1 Å². The molecule has 0 bridgehead atoms. The van der Waals surface area contributed by atoms with E-state index in [0.29, 0.717) is 19.1 Å². The number of rotatable bonds is 10. The Morgan fingerprint density at radius 2 is 1.85 bits per heavy atom. The molecule has 0 aliphatic rings. The fourth-order valence-corrected chi connectivity index (χ4v) is 1.77. The SMILES string of the molecule is CCCNCc1ccccc1OCCOC(C)C(C)C. The quantitative estimate of drug-likeness (QED) is 0.663. The summed E-state index contributed by atoms with van der Waals surface area (Å²) >= 11 is 0. The molecule has 0 aromatic heterocycles. The minimum Gasteiger partial charge on any atom is -0.491 e. The average molecular weight is 279 g/mol. The summed E-state index contributed by atoms with van der Waals surface area (Å²) < 4.78 is 11.6. The van der Waals surface area contributed by atoms with Crippen LogP contribution in [0.25, 0.3) is 0 Å². The zero-order valence-electron chi connectivity index (χ0n) is 13.3. The molecule has 1 atom stereocenters. The van der Waals surface area contributed by atoms with Crippen molar-refractivity contribution in [2.75, 3.05) is 19.8 Å². The number of ether oxygens (including phenoxy) is 2. The van der Waals surface area contributed by atoms with E-state index in [1.807, 2.05) is 18.2 Å². The molecule has 1 unspecified atom stereocenters. The molecule has 1 rings (SSSR count). The van der Waals surface area contributed by atoms with Crippen molar-refractivity contribution in [3.05, 3.63) is 29.8 Å². The highest BCUT2D eigenvalue weighted by Crippen LogP contribution is 2.17. The van der Waals surface area contributed by atoms with Crippen molar-refractivity contribution in [3.8, 4) is 5.75 Å². The number of hydrogen-bond acceptors (Lipinski definition) is 3. The van der Waals surface area contributed by atoms with E-state index in [2.05, 4.69) is 39.1 Å². The number of hydrogen-bond donors (Lipinski definition) is 1. The number of nitrogens with one attached hydrogen (secondary N) is 1. The molecule has 3 heteroatoms. The van der Waals surface area contributed by atoms with E-state index in [9.17, 15) is 0 Å². The lowest BCUT2D eigenvalue weighted by Crippen LogP contribution is -2.19. The molecule has 1 aromatic rings. The Labute approximate surface area is 123 Å². The second-order valence-electron chi connectivity index (χ2n) is 5.45. The van der Waals surface area contributed by atoms with Gasteiger partial charge in [-0.15, -0.1) is 0 Å². The molecular formula is C17H29NO2. The van der Waals surface area contributed by atoms with Gasteiger partial charge < -0.3 is 14.8 Å². The van der Waals surface area contributed by atoms with Gasteiger partial charge >= 0.3 is 0 Å². The Kier molecular flexibility index (Phi) is 8.31. The third-order valence-electron chi connectivity index (χ3n) is 3.38. The summed E-state index contributed by atoms with van der Waals surface area (Å²) in [6, 6.07) is 8.19. The van der Waals surface area contributed by atoms with E-state index in [-0.39, 0.29) is 6.10 Å². The molecular weight excluding hydrogens is 250 g/mol. The molecule has 0 amide bonds. The second kappa shape index (κ2) is 9.78. The molecule has 0 saturated heterocycles. The normalized spacial score (nSPS) is 12.7. The lowest BCUT2D eigenvalue weighted by atomic mass is 10.1. The molecule has 1 aromatic carbocycles. The van der Waals surface area contributed by atoms with Crippen molar-refractivity contribution in [1.29, 1.82) is 0 Å². The van der Waals surface area contributed by atoms with E-state index in [1.165, 1.54) is 5.56 Å². The molecule has 0 saturated carbocycles. The fraction of sp³-hybridized carbons (Fsp3) is 0.647. The zero-order chi connectivity index (χ0) is 14.8. The van der Waals surface area contributed by atoms with Crippen molar-refractivity contribution in [3.63, 3.8) is 0 Å². The van der Waals surface area contributed by atoms with Gasteiger partial charge in [-0.1, -0.05) is 39.0 Å². The Morgan fingerprint density at radius 1 is 1.10 bits per heavy atom. The van der Waals surface area contributed by atoms with E-state index in [4.69, 9.17) is 9.47 Å². The molecule has 114 valence electrons. The van der Waals surface area contributed by atoms with Gasteiger partial charge in [-0.2, -0.15) is 0 Å². The second-order valence-corrected chi connectivity index (χ2v) is 5.45. The Hall–Kier alpha value is -1.06. The summed E-state index contributed by atoms with van der Waals surface area (Å²) in [7, 11) is 0. The molecule has 0 aliphatic heterocycles. The van der Waals surface area contributed by atoms with E-state index >= 15 is 0 Å². The fourth-order valence-electron chi connectivity index (χ4n) is 1.77. The Morgan fingerprint density at radius 3 is 2.55 bits per heavy atom. The van der Waals surface area contributed by atoms with Crippen molar-refractivity contribution in [2.24, 2.45) is 5.92 Å². The van der Waals surface area contributed by atoms with Crippen LogP contribution in [-0.4, -0.2) is 25.9 Å². The van der Waals surface area contributed by atoms with Gasteiger partial charge in [0.1, 0.15) is 12.4 Å². The summed E-state index contributed by atoms with van der Waals surface area (Å²) in [6.45, 7) is 11.7. The van der Waals surface area contributed by atoms with Crippen molar-refractivity contribution >= 4 is 0 Å². The topological polar surface area (TPSA) is 30.5 Å². The van der Waals surface area contributed by atoms with Crippen LogP contribution >= 0.6 is 0 Å². The third-order valence-corrected chi connectivity index (χ3v) is 3.38. The van der Waals surface area contributed by atoms with Gasteiger partial charge in [-0.05, 0) is 31.9 Å². The maximum absolute atomic E-state index is 5.83. The third kappa shape index (κ3) is 6.40. The lowest BCUT2D eigenvalue weighted by Gasteiger charge is -2.17. The first-order chi connectivity index (χ1) is 9.65. The molecule has 1 N–H and O–H groups in total. The van der Waals surface area contributed by atoms with Crippen LogP contribution in [0.3, 0.4) is 0 Å². The minimum atomic E-state index is 0.278. The van der Waals surface area contributed by atoms with Crippen molar-refractivity contribution in [1.82, 2.24) is 5.32 Å². The van der Waals surface area contributed by atoms with E-state index < -0.39 is 0 Å². The maximum Gasteiger partial charge on any atom is 0.123 e. The first kappa shape index (κ1) is 17.0. The van der Waals surface area contributed by atoms with E-state index in [1.54, 1.807) is 0 Å². The number of para-hydroxylation sites is 1. The smallest absolute Gasteiger partial charge is 0.123 e. The highest BCUT2D eigenvalue weighted by molar-refractivity contribution is 5.33. The first-order valence-electron chi connectivity index (χ1n) is 7.68. The van der Waals surface area contributed by atoms with Gasteiger partial charge in [0.2, 0.25) is 0 Å². The molecule has 0 fully saturated rings. The van der Waals surface area contributed by atoms with E-state index in [0.717, 1.165) is 25.3 Å². The van der Waals surface area contributed by atoms with Crippen LogP contribution in [0, 0.1) is 5.92 Å². The van der Waals surface area contributed by atoms with Gasteiger partial charge in [0.25, 0.3) is 0 Å². The molecule has 3 nitrogen and oxygen atoms in total. The van der Waals surface area contributed by atoms with Crippen LogP contribution in [0.2, 0.25) is 0 Å². The molecule has 0 aliphatic carbocycles. The predicted octanol–water partition coefficient (Wildman–Crippen LogP) is 3.63. The van der Waals surface area contributed by atoms with Crippen molar-refractivity contribution in [2.45, 2.75) is 46.8 Å². The largest absolute Gasteiger partial charge is 0.491 e. The van der Waals surface area contributed by atoms with Gasteiger partial charge in [0.15, 0.2) is 0 Å². The highest BCUT2D eigenvalue weighted by atomic mass is 16.5. The molecule has 0 radical (unpaired) electrons. The summed E-state index contributed by atoms with van der Waals surface area (Å²) in [4.78, 5) is 0. The Balaban J connectivity index is 2.35. The van der Waals surface area contributed by atoms with Gasteiger partial charge in [-0.25, -0.2) is 0 Å². The van der Waals surface area contributed by atoms with Gasteiger partial charge in [-0.3, -0.25) is 0 Å². The summed E-state index contributed by atoms with van der Waals surface area (Å²) in [5.41, 5.74) is 1.21. The number of benzene rings is 1. The average Bonchev–Trinajstić information content (AvgIpc) is 2.45. The lowest BCUT2D eigenvalue weighted by molar-refractivity contribution is 0.0187. The molecule has 0 spiro atoms. The zero-order valence-corrected chi connectivity index (χ0v) is 13.3. The van der Waals surface area contributed by atoms with Crippen LogP contribution in [0.1, 0.15) is 39.7 Å². The molecule has 20 heavy (non-hydrogen) atoms. The maximum atomic E-state index is 5.83. The van der Waals surface area contributed by atoms with Crippen molar-refractivity contribution < 1.29 is 9.47 Å². The van der Waals surface area contributed by atoms with Gasteiger partial charge in [0.05, 0.1) is 12.7 Å². The van der Waals surface area contributed by atoms with Crippen LogP contribution in [0.4, 0.5) is 0 Å². The minimum absolute atomic E-state index is 0.278. The first-order valence-corrected chi connectivity index (χ1v) is 7.68. The standard InChI is InChI=1S/C17H29NO2/c1-5-10-18-13-16-8-6-7-9-17(16)20-12-11-19-15(4)14(2)3/h6-9,14-15,18H,5,10-13H2,1-4H3.